The van der Waals surface area contributed by atoms with Crippen LogP contribution in [0.5, 0.6) is 0 Å². The van der Waals surface area contributed by atoms with Crippen molar-refractivity contribution in [1.29, 1.82) is 0 Å². The molecule has 0 radical (unpaired) electrons. The first-order chi connectivity index (χ1) is 11.7. The number of hydrogen-bond acceptors (Lipinski definition) is 2. The number of thiocarbonyl (C=S) groups is 1. The molecule has 0 aliphatic carbocycles. The van der Waals surface area contributed by atoms with Crippen LogP contribution in [0.3, 0.4) is 0 Å². The standard InChI is InChI=1S/C19H22BrN3S/c20-17-6-8-18(9-7-17)22-19(24)21-11-3-12-23-13-10-15-4-1-2-5-16(15)14-23/h1-2,4-9H,3,10-14H2,(H2,21,22,24). The molecule has 2 aromatic carbocycles. The predicted octanol–water partition coefficient (Wildman–Crippen LogP) is 4.18. The number of halogens is 1. The summed E-state index contributed by atoms with van der Waals surface area (Å²) in [4.78, 5) is 2.52. The monoisotopic (exact) mass is 403 g/mol. The van der Waals surface area contributed by atoms with E-state index in [9.17, 15) is 0 Å². The molecule has 0 atom stereocenters. The highest BCUT2D eigenvalue weighted by atomic mass is 79.9. The molecule has 0 saturated carbocycles. The van der Waals surface area contributed by atoms with Gasteiger partial charge in [-0.15, -0.1) is 0 Å². The molecule has 0 fully saturated rings. The Morgan fingerprint density at radius 2 is 1.83 bits per heavy atom. The van der Waals surface area contributed by atoms with Crippen LogP contribution in [0.1, 0.15) is 17.5 Å². The van der Waals surface area contributed by atoms with Gasteiger partial charge in [-0.05, 0) is 60.5 Å². The second-order valence-electron chi connectivity index (χ2n) is 6.04. The van der Waals surface area contributed by atoms with Crippen molar-refractivity contribution in [3.63, 3.8) is 0 Å². The summed E-state index contributed by atoms with van der Waals surface area (Å²) >= 11 is 8.77. The predicted molar refractivity (Wildman–Crippen MR) is 108 cm³/mol. The zero-order valence-corrected chi connectivity index (χ0v) is 16.0. The van der Waals surface area contributed by atoms with Gasteiger partial charge in [0.15, 0.2) is 5.11 Å². The molecule has 0 spiro atoms. The molecule has 3 rings (SSSR count). The number of benzene rings is 2. The SMILES string of the molecule is S=C(NCCCN1CCc2ccccc2C1)Nc1ccc(Br)cc1. The highest BCUT2D eigenvalue weighted by Gasteiger charge is 2.14. The summed E-state index contributed by atoms with van der Waals surface area (Å²) < 4.78 is 1.06. The molecule has 2 aromatic rings. The lowest BCUT2D eigenvalue weighted by molar-refractivity contribution is 0.251. The minimum atomic E-state index is 0.682. The summed E-state index contributed by atoms with van der Waals surface area (Å²) in [6.07, 6.45) is 2.25. The molecule has 24 heavy (non-hydrogen) atoms. The van der Waals surface area contributed by atoms with E-state index in [-0.39, 0.29) is 0 Å². The van der Waals surface area contributed by atoms with Crippen molar-refractivity contribution in [2.45, 2.75) is 19.4 Å². The third kappa shape index (κ3) is 5.03. The van der Waals surface area contributed by atoms with Crippen LogP contribution in [-0.2, 0) is 13.0 Å². The topological polar surface area (TPSA) is 27.3 Å². The number of nitrogens with zero attached hydrogens (tertiary/aromatic N) is 1. The Kier molecular flexibility index (Phi) is 6.24. The first kappa shape index (κ1) is 17.4. The molecule has 1 aliphatic heterocycles. The molecule has 0 aromatic heterocycles. The minimum absolute atomic E-state index is 0.682. The molecule has 0 bridgehead atoms. The van der Waals surface area contributed by atoms with Crippen LogP contribution >= 0.6 is 28.1 Å². The molecule has 2 N–H and O–H groups in total. The number of nitrogens with one attached hydrogen (secondary N) is 2. The normalized spacial score (nSPS) is 14.0. The highest BCUT2D eigenvalue weighted by molar-refractivity contribution is 9.10. The van der Waals surface area contributed by atoms with Gasteiger partial charge in [0.25, 0.3) is 0 Å². The van der Waals surface area contributed by atoms with Gasteiger partial charge in [0.2, 0.25) is 0 Å². The Morgan fingerprint density at radius 3 is 2.62 bits per heavy atom. The number of hydrogen-bond donors (Lipinski definition) is 2. The molecule has 3 nitrogen and oxygen atoms in total. The lowest BCUT2D eigenvalue weighted by Gasteiger charge is -2.28. The van der Waals surface area contributed by atoms with Crippen molar-refractivity contribution in [2.24, 2.45) is 0 Å². The third-order valence-corrected chi connectivity index (χ3v) is 5.02. The zero-order chi connectivity index (χ0) is 16.8. The van der Waals surface area contributed by atoms with Gasteiger partial charge in [0, 0.05) is 36.3 Å². The Balaban J connectivity index is 1.35. The van der Waals surface area contributed by atoms with Crippen molar-refractivity contribution >= 4 is 38.9 Å². The van der Waals surface area contributed by atoms with Crippen molar-refractivity contribution in [1.82, 2.24) is 10.2 Å². The van der Waals surface area contributed by atoms with Gasteiger partial charge in [-0.1, -0.05) is 40.2 Å². The van der Waals surface area contributed by atoms with Gasteiger partial charge >= 0.3 is 0 Å². The van der Waals surface area contributed by atoms with Crippen LogP contribution in [-0.4, -0.2) is 29.6 Å². The van der Waals surface area contributed by atoms with Crippen molar-refractivity contribution < 1.29 is 0 Å². The van der Waals surface area contributed by atoms with E-state index >= 15 is 0 Å². The fourth-order valence-corrected chi connectivity index (χ4v) is 3.44. The summed E-state index contributed by atoms with van der Waals surface area (Å²) in [5, 5.41) is 7.17. The summed E-state index contributed by atoms with van der Waals surface area (Å²) in [5.41, 5.74) is 3.99. The molecular formula is C19H22BrN3S. The lowest BCUT2D eigenvalue weighted by atomic mass is 10.00. The molecule has 1 aliphatic rings. The molecule has 126 valence electrons. The van der Waals surface area contributed by atoms with Crippen LogP contribution in [0.25, 0.3) is 0 Å². The van der Waals surface area contributed by atoms with Gasteiger partial charge in [-0.25, -0.2) is 0 Å². The average Bonchev–Trinajstić information content (AvgIpc) is 2.60. The van der Waals surface area contributed by atoms with E-state index in [2.05, 4.69) is 55.7 Å². The van der Waals surface area contributed by atoms with Crippen LogP contribution in [0.4, 0.5) is 5.69 Å². The smallest absolute Gasteiger partial charge is 0.170 e. The van der Waals surface area contributed by atoms with Gasteiger partial charge in [0.05, 0.1) is 0 Å². The van der Waals surface area contributed by atoms with Gasteiger partial charge < -0.3 is 10.6 Å². The molecular weight excluding hydrogens is 382 g/mol. The van der Waals surface area contributed by atoms with E-state index in [1.807, 2.05) is 24.3 Å². The van der Waals surface area contributed by atoms with Crippen LogP contribution < -0.4 is 10.6 Å². The van der Waals surface area contributed by atoms with E-state index in [1.54, 1.807) is 0 Å². The maximum Gasteiger partial charge on any atom is 0.170 e. The molecule has 0 unspecified atom stereocenters. The number of anilines is 1. The fourth-order valence-electron chi connectivity index (χ4n) is 2.96. The first-order valence-corrected chi connectivity index (χ1v) is 9.50. The van der Waals surface area contributed by atoms with Crippen molar-refractivity contribution in [3.05, 3.63) is 64.1 Å². The first-order valence-electron chi connectivity index (χ1n) is 8.30. The van der Waals surface area contributed by atoms with Crippen LogP contribution in [0, 0.1) is 0 Å². The summed E-state index contributed by atoms with van der Waals surface area (Å²) in [5.74, 6) is 0. The van der Waals surface area contributed by atoms with E-state index in [0.717, 1.165) is 49.2 Å². The lowest BCUT2D eigenvalue weighted by Crippen LogP contribution is -2.34. The Labute approximate surface area is 157 Å². The maximum atomic E-state index is 5.34. The van der Waals surface area contributed by atoms with E-state index in [0.29, 0.717) is 5.11 Å². The van der Waals surface area contributed by atoms with Crippen LogP contribution in [0.15, 0.2) is 53.0 Å². The van der Waals surface area contributed by atoms with E-state index in [4.69, 9.17) is 12.2 Å². The van der Waals surface area contributed by atoms with Gasteiger partial charge in [0.1, 0.15) is 0 Å². The van der Waals surface area contributed by atoms with E-state index in [1.165, 1.54) is 11.1 Å². The average molecular weight is 404 g/mol. The van der Waals surface area contributed by atoms with Crippen molar-refractivity contribution in [3.8, 4) is 0 Å². The number of fused-ring (bicyclic) bond motifs is 1. The highest BCUT2D eigenvalue weighted by Crippen LogP contribution is 2.18. The quantitative estimate of drug-likeness (QED) is 0.578. The van der Waals surface area contributed by atoms with Gasteiger partial charge in [-0.3, -0.25) is 4.90 Å². The Bertz CT molecular complexity index is 687. The second-order valence-corrected chi connectivity index (χ2v) is 7.36. The second kappa shape index (κ2) is 8.60. The minimum Gasteiger partial charge on any atom is -0.362 e. The third-order valence-electron chi connectivity index (χ3n) is 4.25. The Morgan fingerprint density at radius 1 is 1.08 bits per heavy atom. The summed E-state index contributed by atoms with van der Waals surface area (Å²) in [7, 11) is 0. The Hall–Kier alpha value is -1.43. The zero-order valence-electron chi connectivity index (χ0n) is 13.6. The van der Waals surface area contributed by atoms with Gasteiger partial charge in [-0.2, -0.15) is 0 Å². The number of rotatable bonds is 5. The van der Waals surface area contributed by atoms with E-state index < -0.39 is 0 Å². The summed E-state index contributed by atoms with van der Waals surface area (Å²) in [6, 6.07) is 16.8. The molecule has 0 amide bonds. The fraction of sp³-hybridized carbons (Fsp3) is 0.316. The molecule has 5 heteroatoms. The summed E-state index contributed by atoms with van der Waals surface area (Å²) in [6.45, 7) is 4.21. The van der Waals surface area contributed by atoms with Crippen molar-refractivity contribution in [2.75, 3.05) is 25.0 Å². The molecule has 1 heterocycles. The largest absolute Gasteiger partial charge is 0.362 e. The molecule has 0 saturated heterocycles. The van der Waals surface area contributed by atoms with Crippen LogP contribution in [0.2, 0.25) is 0 Å². The maximum absolute atomic E-state index is 5.34.